The van der Waals surface area contributed by atoms with Crippen LogP contribution < -0.4 is 34.7 Å². The molecular formula is C16H31NaO2. The van der Waals surface area contributed by atoms with Crippen molar-refractivity contribution in [3.05, 3.63) is 0 Å². The van der Waals surface area contributed by atoms with E-state index in [1.807, 2.05) is 0 Å². The maximum Gasteiger partial charge on any atom is 1.00 e. The van der Waals surface area contributed by atoms with Gasteiger partial charge in [-0.2, -0.15) is 0 Å². The van der Waals surface area contributed by atoms with Crippen LogP contribution in [0.15, 0.2) is 0 Å². The summed E-state index contributed by atoms with van der Waals surface area (Å²) < 4.78 is 0. The van der Waals surface area contributed by atoms with Crippen LogP contribution in [0.1, 0.15) is 96.8 Å². The van der Waals surface area contributed by atoms with E-state index in [9.17, 15) is 9.90 Å². The van der Waals surface area contributed by atoms with Gasteiger partial charge in [0.1, 0.15) is 0 Å². The van der Waals surface area contributed by atoms with Crippen LogP contribution in [-0.4, -0.2) is 5.97 Å². The fraction of sp³-hybridized carbons (Fsp3) is 0.938. The van der Waals surface area contributed by atoms with E-state index >= 15 is 0 Å². The molecule has 0 aromatic heterocycles. The van der Waals surface area contributed by atoms with Crippen LogP contribution in [0.5, 0.6) is 0 Å². The predicted molar refractivity (Wildman–Crippen MR) is 75.3 cm³/mol. The summed E-state index contributed by atoms with van der Waals surface area (Å²) in [7, 11) is 0. The van der Waals surface area contributed by atoms with Crippen molar-refractivity contribution in [1.29, 1.82) is 0 Å². The number of aliphatic carboxylic acids is 1. The summed E-state index contributed by atoms with van der Waals surface area (Å²) in [6, 6.07) is 0. The molecule has 0 amide bonds. The first-order valence-corrected chi connectivity index (χ1v) is 7.97. The maximum absolute atomic E-state index is 10.2. The fourth-order valence-corrected chi connectivity index (χ4v) is 2.29. The molecule has 2 nitrogen and oxygen atoms in total. The molecule has 0 rings (SSSR count). The molecule has 0 aliphatic heterocycles. The monoisotopic (exact) mass is 286 g/mol. The van der Waals surface area contributed by atoms with Crippen molar-refractivity contribution < 1.29 is 39.5 Å². The normalized spacial score (nSPS) is 10.2. The molecule has 0 atom stereocenters. The Kier molecular flexibility index (Phi) is 21.2. The molecule has 0 saturated heterocycles. The Balaban J connectivity index is 0. The van der Waals surface area contributed by atoms with Crippen molar-refractivity contribution in [1.82, 2.24) is 0 Å². The minimum atomic E-state index is -0.905. The minimum absolute atomic E-state index is 0. The van der Waals surface area contributed by atoms with E-state index in [1.165, 1.54) is 70.6 Å². The number of carbonyl (C=O) groups excluding carboxylic acids is 1. The average Bonchev–Trinajstić information content (AvgIpc) is 2.34. The number of hydrogen-bond donors (Lipinski definition) is 0. The molecule has 0 heterocycles. The van der Waals surface area contributed by atoms with Crippen molar-refractivity contribution in [2.45, 2.75) is 96.8 Å². The van der Waals surface area contributed by atoms with E-state index in [-0.39, 0.29) is 36.0 Å². The summed E-state index contributed by atoms with van der Waals surface area (Å²) >= 11 is 0. The van der Waals surface area contributed by atoms with Crippen LogP contribution in [0, 0.1) is 0 Å². The fourth-order valence-electron chi connectivity index (χ4n) is 2.29. The Morgan fingerprint density at radius 3 is 1.32 bits per heavy atom. The third-order valence-corrected chi connectivity index (χ3v) is 3.48. The van der Waals surface area contributed by atoms with Crippen molar-refractivity contribution in [2.24, 2.45) is 0 Å². The van der Waals surface area contributed by atoms with Crippen molar-refractivity contribution in [3.63, 3.8) is 0 Å². The molecule has 0 fully saturated rings. The molecule has 3 heteroatoms. The quantitative estimate of drug-likeness (QED) is 0.274. The van der Waals surface area contributed by atoms with Gasteiger partial charge >= 0.3 is 29.6 Å². The number of carboxylic acid groups (broad SMARTS) is 1. The first-order chi connectivity index (χ1) is 8.77. The van der Waals surface area contributed by atoms with Crippen LogP contribution in [0.3, 0.4) is 0 Å². The first-order valence-electron chi connectivity index (χ1n) is 7.97. The van der Waals surface area contributed by atoms with Gasteiger partial charge in [-0.3, -0.25) is 0 Å². The Bertz CT molecular complexity index is 184. The molecule has 0 N–H and O–H groups in total. The molecule has 0 unspecified atom stereocenters. The van der Waals surface area contributed by atoms with Gasteiger partial charge in [-0.25, -0.2) is 0 Å². The SMILES string of the molecule is [13CH3]C[13CH2]C[13CH2]C[13CH2]C[13CH2]C[13CH2]C[13CH2]C[13CH2]C(=O)[O-].[Na+]. The van der Waals surface area contributed by atoms with Gasteiger partial charge in [0.05, 0.1) is 0 Å². The second-order valence-corrected chi connectivity index (χ2v) is 5.36. The summed E-state index contributed by atoms with van der Waals surface area (Å²) in [4.78, 5) is 10.2. The molecule has 0 radical (unpaired) electrons. The second-order valence-electron chi connectivity index (χ2n) is 5.36. The van der Waals surface area contributed by atoms with Crippen LogP contribution >= 0.6 is 0 Å². The number of unbranched alkanes of at least 4 members (excludes halogenated alkanes) is 12. The van der Waals surface area contributed by atoms with Crippen molar-refractivity contribution in [3.8, 4) is 0 Å². The molecule has 0 aromatic carbocycles. The van der Waals surface area contributed by atoms with Gasteiger partial charge < -0.3 is 9.90 Å². The first kappa shape index (κ1) is 21.8. The standard InChI is InChI=1S/C16H32O2.Na/c1-2-3-4-5-6-7-8-9-10-11-12-13-14-15-16(17)18;/h2-15H2,1H3,(H,17,18);/q;+1/p-1/i1+1,3+1,5+1,7+1,9+1,11+1,13+1,15+1;. The summed E-state index contributed by atoms with van der Waals surface area (Å²) in [6.07, 6.45) is 16.9. The van der Waals surface area contributed by atoms with Gasteiger partial charge in [-0.05, 0) is 12.8 Å². The Labute approximate surface area is 142 Å². The smallest absolute Gasteiger partial charge is 0.550 e. The van der Waals surface area contributed by atoms with Crippen molar-refractivity contribution in [2.75, 3.05) is 0 Å². The number of carboxylic acids is 1. The molecule has 108 valence electrons. The van der Waals surface area contributed by atoms with E-state index in [0.29, 0.717) is 0 Å². The van der Waals surface area contributed by atoms with Crippen LogP contribution in [-0.2, 0) is 4.79 Å². The molecule has 0 aromatic rings. The zero-order chi connectivity index (χ0) is 13.5. The van der Waals surface area contributed by atoms with Gasteiger partial charge in [-0.15, -0.1) is 0 Å². The number of carbonyl (C=O) groups is 1. The maximum atomic E-state index is 10.2. The summed E-state index contributed by atoms with van der Waals surface area (Å²) in [5, 5.41) is 10.2. The largest absolute Gasteiger partial charge is 1.00 e. The molecule has 0 aliphatic carbocycles. The van der Waals surface area contributed by atoms with Gasteiger partial charge in [-0.1, -0.05) is 84.0 Å². The number of hydrogen-bond acceptors (Lipinski definition) is 2. The number of rotatable bonds is 14. The van der Waals surface area contributed by atoms with Crippen LogP contribution in [0.25, 0.3) is 0 Å². The Hall–Kier alpha value is 0.470. The van der Waals surface area contributed by atoms with Crippen LogP contribution in [0.4, 0.5) is 0 Å². The minimum Gasteiger partial charge on any atom is -0.550 e. The van der Waals surface area contributed by atoms with E-state index < -0.39 is 5.97 Å². The third kappa shape index (κ3) is 20.9. The predicted octanol–water partition coefficient (Wildman–Crippen LogP) is 1.22. The topological polar surface area (TPSA) is 40.1 Å². The van der Waals surface area contributed by atoms with Gasteiger partial charge in [0, 0.05) is 5.97 Å². The van der Waals surface area contributed by atoms with E-state index in [2.05, 4.69) is 6.92 Å². The van der Waals surface area contributed by atoms with Gasteiger partial charge in [0.15, 0.2) is 0 Å². The molecule has 0 aliphatic rings. The Morgan fingerprint density at radius 2 is 1.00 bits per heavy atom. The van der Waals surface area contributed by atoms with Crippen molar-refractivity contribution >= 4 is 5.97 Å². The van der Waals surface area contributed by atoms with E-state index in [4.69, 9.17) is 0 Å². The van der Waals surface area contributed by atoms with Crippen LogP contribution in [0.2, 0.25) is 0 Å². The zero-order valence-electron chi connectivity index (χ0n) is 13.2. The Morgan fingerprint density at radius 1 is 0.684 bits per heavy atom. The molecule has 0 bridgehead atoms. The molecule has 0 saturated carbocycles. The average molecular weight is 286 g/mol. The summed E-state index contributed by atoms with van der Waals surface area (Å²) in [5.41, 5.74) is 0. The molecule has 19 heavy (non-hydrogen) atoms. The molecular weight excluding hydrogens is 255 g/mol. The zero-order valence-corrected chi connectivity index (χ0v) is 15.2. The molecule has 0 spiro atoms. The summed E-state index contributed by atoms with van der Waals surface area (Å²) in [5.74, 6) is -0.905. The second kappa shape index (κ2) is 18.5. The van der Waals surface area contributed by atoms with E-state index in [0.717, 1.165) is 12.8 Å². The van der Waals surface area contributed by atoms with E-state index in [1.54, 1.807) is 0 Å². The van der Waals surface area contributed by atoms with Gasteiger partial charge in [0.2, 0.25) is 0 Å². The summed E-state index contributed by atoms with van der Waals surface area (Å²) in [6.45, 7) is 2.26. The van der Waals surface area contributed by atoms with Gasteiger partial charge in [0.25, 0.3) is 0 Å². The third-order valence-electron chi connectivity index (χ3n) is 3.48.